The Balaban J connectivity index is 1.90. The van der Waals surface area contributed by atoms with Gasteiger partial charge in [0.15, 0.2) is 0 Å². The minimum Gasteiger partial charge on any atom is -0.365 e. The Hall–Kier alpha value is -1.33. The number of nitro groups is 1. The van der Waals surface area contributed by atoms with Crippen LogP contribution in [0.5, 0.6) is 0 Å². The maximum atomic E-state index is 11.3. The number of nitro benzene ring substituents is 1. The van der Waals surface area contributed by atoms with Gasteiger partial charge in [0.2, 0.25) is 0 Å². The highest BCUT2D eigenvalue weighted by atomic mass is 35.5. The van der Waals surface area contributed by atoms with Crippen LogP contribution in [0.15, 0.2) is 18.2 Å². The summed E-state index contributed by atoms with van der Waals surface area (Å²) in [6.07, 6.45) is 4.66. The van der Waals surface area contributed by atoms with Crippen molar-refractivity contribution in [1.82, 2.24) is 5.32 Å². The number of rotatable bonds is 2. The zero-order valence-electron chi connectivity index (χ0n) is 12.0. The summed E-state index contributed by atoms with van der Waals surface area (Å²) >= 11 is 6.04. The highest BCUT2D eigenvalue weighted by Crippen LogP contribution is 2.41. The van der Waals surface area contributed by atoms with Gasteiger partial charge in [-0.25, -0.2) is 0 Å². The van der Waals surface area contributed by atoms with Crippen molar-refractivity contribution in [3.63, 3.8) is 0 Å². The Bertz CT molecular complexity index is 538. The predicted molar refractivity (Wildman–Crippen MR) is 84.1 cm³/mol. The first-order valence-electron chi connectivity index (χ1n) is 7.50. The highest BCUT2D eigenvalue weighted by molar-refractivity contribution is 6.33. The van der Waals surface area contributed by atoms with Crippen molar-refractivity contribution in [3.8, 4) is 0 Å². The molecule has 2 heterocycles. The average Bonchev–Trinajstić information content (AvgIpc) is 2.47. The van der Waals surface area contributed by atoms with Gasteiger partial charge in [0.05, 0.1) is 4.92 Å². The van der Waals surface area contributed by atoms with E-state index in [4.69, 9.17) is 11.6 Å². The van der Waals surface area contributed by atoms with E-state index in [-0.39, 0.29) is 21.0 Å². The van der Waals surface area contributed by atoms with Crippen molar-refractivity contribution in [2.75, 3.05) is 31.1 Å². The van der Waals surface area contributed by atoms with E-state index in [1.807, 2.05) is 6.07 Å². The zero-order chi connectivity index (χ0) is 14.9. The number of piperidine rings is 2. The fourth-order valence-corrected chi connectivity index (χ4v) is 3.97. The first kappa shape index (κ1) is 14.6. The average molecular weight is 310 g/mol. The van der Waals surface area contributed by atoms with Crippen molar-refractivity contribution in [3.05, 3.63) is 33.3 Å². The van der Waals surface area contributed by atoms with Crippen LogP contribution in [0, 0.1) is 15.5 Å². The van der Waals surface area contributed by atoms with Gasteiger partial charge in [0, 0.05) is 25.0 Å². The molecular weight excluding hydrogens is 290 g/mol. The fraction of sp³-hybridized carbons (Fsp3) is 0.600. The number of anilines is 1. The summed E-state index contributed by atoms with van der Waals surface area (Å²) in [6.45, 7) is 3.83. The lowest BCUT2D eigenvalue weighted by Gasteiger charge is -2.46. The number of halogens is 1. The maximum absolute atomic E-state index is 11.3. The predicted octanol–water partition coefficient (Wildman–Crippen LogP) is 3.22. The van der Waals surface area contributed by atoms with Crippen molar-refractivity contribution in [2.24, 2.45) is 5.41 Å². The number of hydrogen-bond donors (Lipinski definition) is 1. The number of nitrogens with one attached hydrogen (secondary N) is 1. The Morgan fingerprint density at radius 1 is 1.33 bits per heavy atom. The van der Waals surface area contributed by atoms with E-state index in [0.29, 0.717) is 5.69 Å². The van der Waals surface area contributed by atoms with Gasteiger partial charge in [0.25, 0.3) is 0 Å². The monoisotopic (exact) mass is 309 g/mol. The van der Waals surface area contributed by atoms with Crippen LogP contribution >= 0.6 is 11.6 Å². The van der Waals surface area contributed by atoms with Gasteiger partial charge in [-0.3, -0.25) is 10.1 Å². The van der Waals surface area contributed by atoms with Gasteiger partial charge in [-0.2, -0.15) is 0 Å². The van der Waals surface area contributed by atoms with Crippen molar-refractivity contribution in [2.45, 2.75) is 25.7 Å². The summed E-state index contributed by atoms with van der Waals surface area (Å²) in [4.78, 5) is 13.1. The lowest BCUT2D eigenvalue weighted by atomic mass is 9.74. The Labute approximate surface area is 129 Å². The van der Waals surface area contributed by atoms with Crippen LogP contribution in [0.2, 0.25) is 5.02 Å². The molecule has 114 valence electrons. The van der Waals surface area contributed by atoms with Crippen molar-refractivity contribution >= 4 is 23.0 Å². The summed E-state index contributed by atoms with van der Waals surface area (Å²) in [5, 5.41) is 15.0. The zero-order valence-corrected chi connectivity index (χ0v) is 12.7. The lowest BCUT2D eigenvalue weighted by Crippen LogP contribution is -2.51. The minimum atomic E-state index is -0.363. The van der Waals surface area contributed by atoms with E-state index in [1.165, 1.54) is 19.3 Å². The van der Waals surface area contributed by atoms with E-state index >= 15 is 0 Å². The summed E-state index contributed by atoms with van der Waals surface area (Å²) in [5.74, 6) is 0. The van der Waals surface area contributed by atoms with Gasteiger partial charge < -0.3 is 10.2 Å². The van der Waals surface area contributed by atoms with Crippen LogP contribution < -0.4 is 10.2 Å². The number of hydrogen-bond acceptors (Lipinski definition) is 4. The van der Waals surface area contributed by atoms with Gasteiger partial charge in [-0.05, 0) is 44.4 Å². The van der Waals surface area contributed by atoms with Crippen LogP contribution in [0.3, 0.4) is 0 Å². The van der Waals surface area contributed by atoms with Crippen molar-refractivity contribution in [1.29, 1.82) is 0 Å². The molecule has 2 fully saturated rings. The molecule has 1 spiro atoms. The molecule has 0 saturated carbocycles. The van der Waals surface area contributed by atoms with Gasteiger partial charge in [-0.1, -0.05) is 17.7 Å². The summed E-state index contributed by atoms with van der Waals surface area (Å²) in [6, 6.07) is 5.20. The SMILES string of the molecule is O=[N+]([O-])c1c(Cl)cccc1N1CCCC2(CCCNC2)C1. The maximum Gasteiger partial charge on any atom is 0.310 e. The van der Waals surface area contributed by atoms with E-state index in [2.05, 4.69) is 10.2 Å². The van der Waals surface area contributed by atoms with E-state index in [0.717, 1.165) is 32.6 Å². The first-order chi connectivity index (χ1) is 10.1. The molecule has 0 radical (unpaired) electrons. The molecule has 2 aliphatic heterocycles. The molecule has 1 aromatic rings. The van der Waals surface area contributed by atoms with Crippen LogP contribution in [0.1, 0.15) is 25.7 Å². The normalized spacial score (nSPS) is 26.0. The molecular formula is C15H20ClN3O2. The third kappa shape index (κ3) is 2.85. The topological polar surface area (TPSA) is 58.4 Å². The molecule has 1 N–H and O–H groups in total. The second-order valence-corrected chi connectivity index (χ2v) is 6.58. The number of benzene rings is 1. The Kier molecular flexibility index (Phi) is 4.04. The molecule has 2 aliphatic rings. The third-order valence-corrected chi connectivity index (χ3v) is 5.02. The van der Waals surface area contributed by atoms with Gasteiger partial charge in [0.1, 0.15) is 10.7 Å². The molecule has 6 heteroatoms. The highest BCUT2D eigenvalue weighted by Gasteiger charge is 2.38. The summed E-state index contributed by atoms with van der Waals surface area (Å²) in [7, 11) is 0. The van der Waals surface area contributed by atoms with Crippen LogP contribution in [0.4, 0.5) is 11.4 Å². The molecule has 1 atom stereocenters. The van der Waals surface area contributed by atoms with E-state index in [1.54, 1.807) is 12.1 Å². The smallest absolute Gasteiger partial charge is 0.310 e. The molecule has 3 rings (SSSR count). The number of para-hydroxylation sites is 1. The van der Waals surface area contributed by atoms with Gasteiger partial charge >= 0.3 is 5.69 Å². The molecule has 21 heavy (non-hydrogen) atoms. The van der Waals surface area contributed by atoms with Crippen LogP contribution in [-0.2, 0) is 0 Å². The Morgan fingerprint density at radius 2 is 2.14 bits per heavy atom. The standard InChI is InChI=1S/C15H20ClN3O2/c16-12-4-1-5-13(14(12)19(20)21)18-9-3-7-15(11-18)6-2-8-17-10-15/h1,4-5,17H,2-3,6-11H2. The quantitative estimate of drug-likeness (QED) is 0.673. The van der Waals surface area contributed by atoms with E-state index in [9.17, 15) is 10.1 Å². The van der Waals surface area contributed by atoms with E-state index < -0.39 is 0 Å². The molecule has 0 amide bonds. The second-order valence-electron chi connectivity index (χ2n) is 6.17. The first-order valence-corrected chi connectivity index (χ1v) is 7.88. The largest absolute Gasteiger partial charge is 0.365 e. The molecule has 0 aromatic heterocycles. The number of nitrogens with zero attached hydrogens (tertiary/aromatic N) is 2. The molecule has 1 unspecified atom stereocenters. The molecule has 0 aliphatic carbocycles. The Morgan fingerprint density at radius 3 is 2.86 bits per heavy atom. The minimum absolute atomic E-state index is 0.0417. The lowest BCUT2D eigenvalue weighted by molar-refractivity contribution is -0.384. The van der Waals surface area contributed by atoms with Crippen LogP contribution in [0.25, 0.3) is 0 Å². The van der Waals surface area contributed by atoms with Crippen LogP contribution in [-0.4, -0.2) is 31.1 Å². The van der Waals surface area contributed by atoms with Gasteiger partial charge in [-0.15, -0.1) is 0 Å². The molecule has 0 bridgehead atoms. The fourth-order valence-electron chi connectivity index (χ4n) is 3.73. The second kappa shape index (κ2) is 5.81. The molecule has 5 nitrogen and oxygen atoms in total. The summed E-state index contributed by atoms with van der Waals surface area (Å²) < 4.78 is 0. The molecule has 2 saturated heterocycles. The molecule has 1 aromatic carbocycles. The van der Waals surface area contributed by atoms with Crippen molar-refractivity contribution < 1.29 is 4.92 Å². The third-order valence-electron chi connectivity index (χ3n) is 4.71. The summed E-state index contributed by atoms with van der Waals surface area (Å²) in [5.41, 5.74) is 0.962.